The van der Waals surface area contributed by atoms with Crippen LogP contribution >= 0.6 is 0 Å². The first-order valence-electron chi connectivity index (χ1n) is 4.37. The normalized spacial score (nSPS) is 11.9. The molecule has 0 spiro atoms. The highest BCUT2D eigenvalue weighted by atomic mass is 16.4. The maximum atomic E-state index is 10.5. The molecule has 0 aromatic heterocycles. The monoisotopic (exact) mass is 188 g/mol. The maximum Gasteiger partial charge on any atom is 0.328 e. The Kier molecular flexibility index (Phi) is 3.68. The van der Waals surface area contributed by atoms with Crippen LogP contribution in [0.2, 0.25) is 0 Å². The predicted molar refractivity (Wildman–Crippen MR) is 56.9 cm³/mol. The van der Waals surface area contributed by atoms with E-state index in [2.05, 4.69) is 0 Å². The van der Waals surface area contributed by atoms with E-state index in [1.54, 1.807) is 6.08 Å². The Morgan fingerprint density at radius 2 is 1.93 bits per heavy atom. The van der Waals surface area contributed by atoms with Gasteiger partial charge in [-0.2, -0.15) is 0 Å². The topological polar surface area (TPSA) is 37.3 Å². The van der Waals surface area contributed by atoms with Crippen molar-refractivity contribution in [1.82, 2.24) is 0 Å². The lowest BCUT2D eigenvalue weighted by Crippen LogP contribution is -1.90. The molecule has 0 bridgehead atoms. The van der Waals surface area contributed by atoms with Crippen LogP contribution in [0.4, 0.5) is 0 Å². The van der Waals surface area contributed by atoms with Crippen molar-refractivity contribution in [1.29, 1.82) is 0 Å². The van der Waals surface area contributed by atoms with Gasteiger partial charge < -0.3 is 5.11 Å². The summed E-state index contributed by atoms with van der Waals surface area (Å²) >= 11 is 0. The van der Waals surface area contributed by atoms with Crippen molar-refractivity contribution in [3.63, 3.8) is 0 Å². The molecule has 0 saturated heterocycles. The Labute approximate surface area is 83.2 Å². The number of benzene rings is 1. The standard InChI is InChI=1S/C12H12O2/c1-2-6-11(9-12(13)14)10-7-4-3-5-8-10/h2-9H,1H3,(H,13,14). The minimum Gasteiger partial charge on any atom is -0.478 e. The Balaban J connectivity index is 3.07. The molecule has 2 nitrogen and oxygen atoms in total. The molecule has 0 saturated carbocycles. The largest absolute Gasteiger partial charge is 0.478 e. The summed E-state index contributed by atoms with van der Waals surface area (Å²) in [5.74, 6) is -0.929. The highest BCUT2D eigenvalue weighted by Gasteiger charge is 1.98. The first-order valence-corrected chi connectivity index (χ1v) is 4.37. The minimum absolute atomic E-state index is 0.709. The molecule has 0 aliphatic heterocycles. The number of carbonyl (C=O) groups is 1. The fourth-order valence-corrected chi connectivity index (χ4v) is 1.17. The van der Waals surface area contributed by atoms with Gasteiger partial charge in [0.1, 0.15) is 0 Å². The molecule has 1 rings (SSSR count). The molecule has 1 aromatic rings. The van der Waals surface area contributed by atoms with Gasteiger partial charge in [-0.05, 0) is 18.1 Å². The number of hydrogen-bond donors (Lipinski definition) is 1. The number of carboxylic acid groups (broad SMARTS) is 1. The first kappa shape index (κ1) is 10.3. The number of aliphatic carboxylic acids is 1. The molecule has 0 aliphatic rings. The third kappa shape index (κ3) is 2.90. The van der Waals surface area contributed by atoms with E-state index >= 15 is 0 Å². The second kappa shape index (κ2) is 5.02. The van der Waals surface area contributed by atoms with Gasteiger partial charge in [-0.3, -0.25) is 0 Å². The molecule has 0 unspecified atom stereocenters. The van der Waals surface area contributed by atoms with Crippen LogP contribution in [-0.2, 0) is 4.79 Å². The zero-order valence-corrected chi connectivity index (χ0v) is 7.97. The van der Waals surface area contributed by atoms with Gasteiger partial charge in [-0.1, -0.05) is 42.5 Å². The van der Waals surface area contributed by atoms with Crippen molar-refractivity contribution in [2.24, 2.45) is 0 Å². The summed E-state index contributed by atoms with van der Waals surface area (Å²) < 4.78 is 0. The molecule has 1 N–H and O–H groups in total. The third-order valence-corrected chi connectivity index (χ3v) is 1.73. The molecule has 2 heteroatoms. The summed E-state index contributed by atoms with van der Waals surface area (Å²) in [6.45, 7) is 1.86. The van der Waals surface area contributed by atoms with E-state index in [4.69, 9.17) is 5.11 Å². The summed E-state index contributed by atoms with van der Waals surface area (Å²) in [7, 11) is 0. The maximum absolute atomic E-state index is 10.5. The van der Waals surface area contributed by atoms with E-state index in [1.165, 1.54) is 6.08 Å². The summed E-state index contributed by atoms with van der Waals surface area (Å²) in [4.78, 5) is 10.5. The van der Waals surface area contributed by atoms with E-state index in [9.17, 15) is 4.79 Å². The predicted octanol–water partition coefficient (Wildman–Crippen LogP) is 2.73. The number of carboxylic acids is 1. The van der Waals surface area contributed by atoms with E-state index in [0.29, 0.717) is 5.57 Å². The SMILES string of the molecule is CC=CC(=CC(=O)O)c1ccccc1. The fourth-order valence-electron chi connectivity index (χ4n) is 1.17. The van der Waals surface area contributed by atoms with E-state index in [-0.39, 0.29) is 0 Å². The molecule has 72 valence electrons. The Hall–Kier alpha value is -1.83. The highest BCUT2D eigenvalue weighted by Crippen LogP contribution is 2.14. The molecule has 0 radical (unpaired) electrons. The van der Waals surface area contributed by atoms with Gasteiger partial charge in [-0.25, -0.2) is 4.79 Å². The second-order valence-electron chi connectivity index (χ2n) is 2.80. The Morgan fingerprint density at radius 1 is 1.29 bits per heavy atom. The zero-order valence-electron chi connectivity index (χ0n) is 7.97. The van der Waals surface area contributed by atoms with Crippen LogP contribution in [0.5, 0.6) is 0 Å². The zero-order chi connectivity index (χ0) is 10.4. The second-order valence-corrected chi connectivity index (χ2v) is 2.80. The van der Waals surface area contributed by atoms with Crippen LogP contribution in [-0.4, -0.2) is 11.1 Å². The lowest BCUT2D eigenvalue weighted by molar-refractivity contribution is -0.131. The van der Waals surface area contributed by atoms with Crippen LogP contribution in [0.1, 0.15) is 12.5 Å². The summed E-state index contributed by atoms with van der Waals surface area (Å²) in [5, 5.41) is 8.66. The van der Waals surface area contributed by atoms with E-state index < -0.39 is 5.97 Å². The first-order chi connectivity index (χ1) is 6.74. The number of rotatable bonds is 3. The molecule has 1 aromatic carbocycles. The average Bonchev–Trinajstić information content (AvgIpc) is 2.18. The van der Waals surface area contributed by atoms with Crippen molar-refractivity contribution in [2.75, 3.05) is 0 Å². The van der Waals surface area contributed by atoms with Crippen molar-refractivity contribution in [3.8, 4) is 0 Å². The average molecular weight is 188 g/mol. The van der Waals surface area contributed by atoms with Crippen molar-refractivity contribution < 1.29 is 9.90 Å². The Morgan fingerprint density at radius 3 is 2.43 bits per heavy atom. The van der Waals surface area contributed by atoms with E-state index in [0.717, 1.165) is 5.56 Å². The summed E-state index contributed by atoms with van der Waals surface area (Å²) in [5.41, 5.74) is 1.62. The molecular formula is C12H12O2. The van der Waals surface area contributed by atoms with Crippen LogP contribution in [0.15, 0.2) is 48.6 Å². The van der Waals surface area contributed by atoms with Crippen molar-refractivity contribution in [2.45, 2.75) is 6.92 Å². The van der Waals surface area contributed by atoms with Crippen molar-refractivity contribution >= 4 is 11.5 Å². The summed E-state index contributed by atoms with van der Waals surface area (Å²) in [6.07, 6.45) is 4.81. The van der Waals surface area contributed by atoms with Crippen LogP contribution in [0, 0.1) is 0 Å². The lowest BCUT2D eigenvalue weighted by Gasteiger charge is -2.00. The third-order valence-electron chi connectivity index (χ3n) is 1.73. The molecular weight excluding hydrogens is 176 g/mol. The van der Waals surface area contributed by atoms with Gasteiger partial charge in [0.2, 0.25) is 0 Å². The van der Waals surface area contributed by atoms with Crippen LogP contribution in [0.3, 0.4) is 0 Å². The fraction of sp³-hybridized carbons (Fsp3) is 0.0833. The molecule has 0 heterocycles. The molecule has 0 atom stereocenters. The minimum atomic E-state index is -0.929. The van der Waals surface area contributed by atoms with Gasteiger partial charge in [0.05, 0.1) is 0 Å². The van der Waals surface area contributed by atoms with Crippen molar-refractivity contribution in [3.05, 3.63) is 54.1 Å². The van der Waals surface area contributed by atoms with Crippen LogP contribution in [0.25, 0.3) is 5.57 Å². The number of hydrogen-bond acceptors (Lipinski definition) is 1. The lowest BCUT2D eigenvalue weighted by atomic mass is 10.1. The molecule has 0 amide bonds. The van der Waals surface area contributed by atoms with Gasteiger partial charge in [0, 0.05) is 6.08 Å². The van der Waals surface area contributed by atoms with Crippen LogP contribution < -0.4 is 0 Å². The summed E-state index contributed by atoms with van der Waals surface area (Å²) in [6, 6.07) is 9.43. The molecule has 0 aliphatic carbocycles. The van der Waals surface area contributed by atoms with E-state index in [1.807, 2.05) is 43.3 Å². The van der Waals surface area contributed by atoms with Gasteiger partial charge in [0.25, 0.3) is 0 Å². The van der Waals surface area contributed by atoms with Gasteiger partial charge in [-0.15, -0.1) is 0 Å². The molecule has 0 fully saturated rings. The Bertz CT molecular complexity index is 361. The van der Waals surface area contributed by atoms with Gasteiger partial charge in [0.15, 0.2) is 0 Å². The molecule has 14 heavy (non-hydrogen) atoms. The smallest absolute Gasteiger partial charge is 0.328 e. The quantitative estimate of drug-likeness (QED) is 0.585. The highest BCUT2D eigenvalue weighted by molar-refractivity contribution is 5.92. The van der Waals surface area contributed by atoms with Gasteiger partial charge >= 0.3 is 5.97 Å². The number of allylic oxidation sites excluding steroid dienone is 3.